The van der Waals surface area contributed by atoms with E-state index in [1.807, 2.05) is 26.0 Å². The Balaban J connectivity index is 2.24. The Morgan fingerprint density at radius 1 is 1.35 bits per heavy atom. The van der Waals surface area contributed by atoms with Gasteiger partial charge < -0.3 is 4.90 Å². The number of amides is 1. The average molecular weight is 338 g/mol. The van der Waals surface area contributed by atoms with Crippen LogP contribution in [0.15, 0.2) is 18.2 Å². The van der Waals surface area contributed by atoms with E-state index in [1.54, 1.807) is 11.0 Å². The van der Waals surface area contributed by atoms with Crippen molar-refractivity contribution in [3.8, 4) is 0 Å². The summed E-state index contributed by atoms with van der Waals surface area (Å²) >= 11 is 0. The van der Waals surface area contributed by atoms with Crippen LogP contribution in [0.2, 0.25) is 0 Å². The van der Waals surface area contributed by atoms with E-state index in [4.69, 9.17) is 0 Å². The van der Waals surface area contributed by atoms with Gasteiger partial charge >= 0.3 is 0 Å². The zero-order chi connectivity index (χ0) is 17.2. The summed E-state index contributed by atoms with van der Waals surface area (Å²) in [4.78, 5) is 14.4. The molecule has 0 aromatic heterocycles. The van der Waals surface area contributed by atoms with Gasteiger partial charge in [0.25, 0.3) is 0 Å². The number of likely N-dealkylation sites (tertiary alicyclic amines) is 1. The van der Waals surface area contributed by atoms with Crippen molar-refractivity contribution in [3.63, 3.8) is 0 Å². The van der Waals surface area contributed by atoms with Crippen molar-refractivity contribution >= 4 is 21.6 Å². The van der Waals surface area contributed by atoms with Gasteiger partial charge in [-0.05, 0) is 44.2 Å². The average Bonchev–Trinajstić information content (AvgIpc) is 2.44. The zero-order valence-corrected chi connectivity index (χ0v) is 15.2. The molecule has 1 aliphatic heterocycles. The summed E-state index contributed by atoms with van der Waals surface area (Å²) in [6.45, 7) is 7.25. The van der Waals surface area contributed by atoms with E-state index in [0.717, 1.165) is 30.2 Å². The maximum atomic E-state index is 12.6. The van der Waals surface area contributed by atoms with Gasteiger partial charge in [-0.15, -0.1) is 0 Å². The first kappa shape index (κ1) is 17.8. The molecule has 0 unspecified atom stereocenters. The van der Waals surface area contributed by atoms with Crippen LogP contribution in [0.3, 0.4) is 0 Å². The lowest BCUT2D eigenvalue weighted by atomic mass is 10.0. The Bertz CT molecular complexity index is 685. The Morgan fingerprint density at radius 3 is 2.61 bits per heavy atom. The lowest BCUT2D eigenvalue weighted by Gasteiger charge is -2.33. The first-order valence-electron chi connectivity index (χ1n) is 8.01. The predicted octanol–water partition coefficient (Wildman–Crippen LogP) is 2.33. The van der Waals surface area contributed by atoms with Crippen molar-refractivity contribution in [1.82, 2.24) is 4.90 Å². The number of carbonyl (C=O) groups is 1. The van der Waals surface area contributed by atoms with Gasteiger partial charge in [-0.3, -0.25) is 9.10 Å². The molecule has 6 heteroatoms. The Labute approximate surface area is 139 Å². The number of piperidine rings is 1. The molecule has 1 heterocycles. The molecular weight excluding hydrogens is 312 g/mol. The number of hydrogen-bond acceptors (Lipinski definition) is 3. The topological polar surface area (TPSA) is 57.7 Å². The van der Waals surface area contributed by atoms with Crippen molar-refractivity contribution < 1.29 is 13.2 Å². The lowest BCUT2D eigenvalue weighted by Crippen LogP contribution is -2.46. The third-order valence-electron chi connectivity index (χ3n) is 4.31. The number of benzene rings is 1. The standard InChI is InChI=1S/C17H26N2O3S/c1-13-7-8-16(15(3)10-13)19(23(4,21)22)12-17(20)18-9-5-6-14(2)11-18/h7-8,10,14H,5-6,9,11-12H2,1-4H3/t14-/m0/s1. The Hall–Kier alpha value is -1.56. The van der Waals surface area contributed by atoms with Crippen LogP contribution in [0.5, 0.6) is 0 Å². The van der Waals surface area contributed by atoms with E-state index >= 15 is 0 Å². The highest BCUT2D eigenvalue weighted by Crippen LogP contribution is 2.24. The third kappa shape index (κ3) is 4.47. The minimum absolute atomic E-state index is 0.123. The van der Waals surface area contributed by atoms with Crippen molar-refractivity contribution in [1.29, 1.82) is 0 Å². The van der Waals surface area contributed by atoms with E-state index in [1.165, 1.54) is 4.31 Å². The molecule has 1 atom stereocenters. The molecule has 1 amide bonds. The number of hydrogen-bond donors (Lipinski definition) is 0. The number of carbonyl (C=O) groups excluding carboxylic acids is 1. The summed E-state index contributed by atoms with van der Waals surface area (Å²) in [6, 6.07) is 5.58. The van der Waals surface area contributed by atoms with Crippen molar-refractivity contribution in [2.75, 3.05) is 30.2 Å². The van der Waals surface area contributed by atoms with Crippen LogP contribution in [0.25, 0.3) is 0 Å². The molecule has 1 aromatic rings. The second-order valence-electron chi connectivity index (χ2n) is 6.65. The predicted molar refractivity (Wildman–Crippen MR) is 93.1 cm³/mol. The molecule has 0 bridgehead atoms. The summed E-state index contributed by atoms with van der Waals surface area (Å²) in [5.74, 6) is 0.349. The van der Waals surface area contributed by atoms with Gasteiger partial charge in [0.05, 0.1) is 11.9 Å². The number of anilines is 1. The quantitative estimate of drug-likeness (QED) is 0.846. The van der Waals surface area contributed by atoms with Crippen molar-refractivity contribution in [3.05, 3.63) is 29.3 Å². The minimum atomic E-state index is -3.51. The van der Waals surface area contributed by atoms with Gasteiger partial charge in [0.1, 0.15) is 6.54 Å². The molecule has 0 radical (unpaired) electrons. The fourth-order valence-corrected chi connectivity index (χ4v) is 4.01. The van der Waals surface area contributed by atoms with E-state index in [-0.39, 0.29) is 12.5 Å². The highest BCUT2D eigenvalue weighted by molar-refractivity contribution is 7.92. The van der Waals surface area contributed by atoms with Crippen LogP contribution >= 0.6 is 0 Å². The molecule has 1 aliphatic rings. The molecule has 2 rings (SSSR count). The van der Waals surface area contributed by atoms with E-state index in [9.17, 15) is 13.2 Å². The maximum Gasteiger partial charge on any atom is 0.243 e. The van der Waals surface area contributed by atoms with Gasteiger partial charge in [-0.2, -0.15) is 0 Å². The highest BCUT2D eigenvalue weighted by atomic mass is 32.2. The molecule has 0 N–H and O–H groups in total. The number of rotatable bonds is 4. The summed E-state index contributed by atoms with van der Waals surface area (Å²) in [7, 11) is -3.51. The van der Waals surface area contributed by atoms with Gasteiger partial charge in [-0.25, -0.2) is 8.42 Å². The van der Waals surface area contributed by atoms with Crippen LogP contribution in [0.4, 0.5) is 5.69 Å². The third-order valence-corrected chi connectivity index (χ3v) is 5.44. The van der Waals surface area contributed by atoms with Crippen LogP contribution < -0.4 is 4.31 Å². The van der Waals surface area contributed by atoms with Crippen LogP contribution in [0.1, 0.15) is 30.9 Å². The Kier molecular flexibility index (Phi) is 5.34. The minimum Gasteiger partial charge on any atom is -0.341 e. The zero-order valence-electron chi connectivity index (χ0n) is 14.4. The number of aryl methyl sites for hydroxylation is 2. The van der Waals surface area contributed by atoms with Gasteiger partial charge in [0, 0.05) is 13.1 Å². The lowest BCUT2D eigenvalue weighted by molar-refractivity contribution is -0.131. The second kappa shape index (κ2) is 6.91. The van der Waals surface area contributed by atoms with Gasteiger partial charge in [0.15, 0.2) is 0 Å². The number of nitrogens with zero attached hydrogens (tertiary/aromatic N) is 2. The van der Waals surface area contributed by atoms with E-state index in [2.05, 4.69) is 6.92 Å². The maximum absolute atomic E-state index is 12.6. The van der Waals surface area contributed by atoms with Crippen molar-refractivity contribution in [2.24, 2.45) is 5.92 Å². The van der Waals surface area contributed by atoms with Gasteiger partial charge in [-0.1, -0.05) is 24.6 Å². The SMILES string of the molecule is Cc1ccc(N(CC(=O)N2CCC[C@H](C)C2)S(C)(=O)=O)c(C)c1. The molecule has 128 valence electrons. The van der Waals surface area contributed by atoms with Crippen LogP contribution in [0, 0.1) is 19.8 Å². The fraction of sp³-hybridized carbons (Fsp3) is 0.588. The first-order chi connectivity index (χ1) is 10.7. The van der Waals surface area contributed by atoms with Crippen LogP contribution in [-0.4, -0.2) is 45.1 Å². The van der Waals surface area contributed by atoms with E-state index in [0.29, 0.717) is 24.7 Å². The smallest absolute Gasteiger partial charge is 0.243 e. The monoisotopic (exact) mass is 338 g/mol. The largest absolute Gasteiger partial charge is 0.341 e. The second-order valence-corrected chi connectivity index (χ2v) is 8.55. The molecule has 5 nitrogen and oxygen atoms in total. The molecule has 0 aliphatic carbocycles. The highest BCUT2D eigenvalue weighted by Gasteiger charge is 2.27. The summed E-state index contributed by atoms with van der Waals surface area (Å²) < 4.78 is 25.6. The molecule has 1 fully saturated rings. The normalized spacial score (nSPS) is 18.8. The number of sulfonamides is 1. The molecule has 0 saturated carbocycles. The summed E-state index contributed by atoms with van der Waals surface area (Å²) in [6.07, 6.45) is 3.25. The summed E-state index contributed by atoms with van der Waals surface area (Å²) in [5, 5.41) is 0. The first-order valence-corrected chi connectivity index (χ1v) is 9.86. The Morgan fingerprint density at radius 2 is 2.04 bits per heavy atom. The van der Waals surface area contributed by atoms with Gasteiger partial charge in [0.2, 0.25) is 15.9 Å². The fourth-order valence-electron chi connectivity index (χ4n) is 3.11. The molecule has 1 saturated heterocycles. The van der Waals surface area contributed by atoms with Crippen LogP contribution in [-0.2, 0) is 14.8 Å². The van der Waals surface area contributed by atoms with Crippen molar-refractivity contribution in [2.45, 2.75) is 33.6 Å². The molecule has 23 heavy (non-hydrogen) atoms. The van der Waals surface area contributed by atoms with E-state index < -0.39 is 10.0 Å². The summed E-state index contributed by atoms with van der Waals surface area (Å²) in [5.41, 5.74) is 2.50. The molecule has 0 spiro atoms. The molecular formula is C17H26N2O3S. The molecule has 1 aromatic carbocycles.